The highest BCUT2D eigenvalue weighted by Gasteiger charge is 2.13. The van der Waals surface area contributed by atoms with Crippen molar-refractivity contribution >= 4 is 23.6 Å². The maximum absolute atomic E-state index is 12.8. The van der Waals surface area contributed by atoms with E-state index in [1.807, 2.05) is 0 Å². The van der Waals surface area contributed by atoms with Gasteiger partial charge in [0.1, 0.15) is 23.8 Å². The zero-order valence-electron chi connectivity index (χ0n) is 13.3. The van der Waals surface area contributed by atoms with Crippen LogP contribution in [0.15, 0.2) is 42.7 Å². The van der Waals surface area contributed by atoms with Crippen molar-refractivity contribution in [3.05, 3.63) is 54.1 Å². The molecule has 1 fully saturated rings. The fourth-order valence-corrected chi connectivity index (χ4v) is 2.63. The van der Waals surface area contributed by atoms with E-state index in [0.717, 1.165) is 37.3 Å². The van der Waals surface area contributed by atoms with Crippen LogP contribution in [-0.4, -0.2) is 29.0 Å². The van der Waals surface area contributed by atoms with Crippen LogP contribution in [0, 0.1) is 5.82 Å². The molecular weight excluding hydrogens is 307 g/mol. The average Bonchev–Trinajstić information content (AvgIpc) is 2.62. The summed E-state index contributed by atoms with van der Waals surface area (Å²) in [6.07, 6.45) is 8.05. The Morgan fingerprint density at radius 2 is 1.88 bits per heavy atom. The lowest BCUT2D eigenvalue weighted by atomic mass is 10.1. The van der Waals surface area contributed by atoms with Crippen LogP contribution in [0.5, 0.6) is 0 Å². The Morgan fingerprint density at radius 1 is 1.12 bits per heavy atom. The Bertz CT molecular complexity index is 724. The first kappa shape index (κ1) is 16.1. The van der Waals surface area contributed by atoms with Gasteiger partial charge in [-0.2, -0.15) is 0 Å². The molecule has 0 spiro atoms. The van der Waals surface area contributed by atoms with Gasteiger partial charge in [0.2, 0.25) is 5.91 Å². The zero-order valence-corrected chi connectivity index (χ0v) is 13.3. The minimum Gasteiger partial charge on any atom is -0.356 e. The number of benzene rings is 1. The minimum atomic E-state index is -0.303. The van der Waals surface area contributed by atoms with Crippen molar-refractivity contribution in [3.8, 4) is 0 Å². The molecule has 5 nitrogen and oxygen atoms in total. The van der Waals surface area contributed by atoms with E-state index in [9.17, 15) is 9.18 Å². The van der Waals surface area contributed by atoms with Gasteiger partial charge in [0.25, 0.3) is 0 Å². The fourth-order valence-electron chi connectivity index (χ4n) is 2.63. The summed E-state index contributed by atoms with van der Waals surface area (Å²) in [5, 5.41) is 2.73. The Balaban J connectivity index is 1.62. The summed E-state index contributed by atoms with van der Waals surface area (Å²) in [5.41, 5.74) is 0.753. The number of hydrogen-bond donors (Lipinski definition) is 1. The first-order valence-electron chi connectivity index (χ1n) is 8.02. The number of aromatic nitrogens is 2. The predicted octanol–water partition coefficient (Wildman–Crippen LogP) is 3.26. The molecule has 124 valence electrons. The lowest BCUT2D eigenvalue weighted by Crippen LogP contribution is -2.30. The number of carbonyl (C=O) groups excluding carboxylic acids is 1. The van der Waals surface area contributed by atoms with Gasteiger partial charge in [0.15, 0.2) is 0 Å². The minimum absolute atomic E-state index is 0.289. The number of nitrogens with one attached hydrogen (secondary N) is 1. The Hall–Kier alpha value is -2.76. The van der Waals surface area contributed by atoms with Crippen molar-refractivity contribution in [1.29, 1.82) is 0 Å². The topological polar surface area (TPSA) is 58.1 Å². The van der Waals surface area contributed by atoms with Crippen molar-refractivity contribution in [1.82, 2.24) is 9.97 Å². The molecule has 2 aromatic rings. The molecule has 2 heterocycles. The normalized spacial score (nSPS) is 14.8. The summed E-state index contributed by atoms with van der Waals surface area (Å²) in [6.45, 7) is 1.96. The molecule has 3 rings (SSSR count). The number of hydrogen-bond acceptors (Lipinski definition) is 4. The Morgan fingerprint density at radius 3 is 2.62 bits per heavy atom. The number of halogens is 1. The van der Waals surface area contributed by atoms with Crippen LogP contribution < -0.4 is 10.2 Å². The van der Waals surface area contributed by atoms with Gasteiger partial charge in [0, 0.05) is 25.2 Å². The van der Waals surface area contributed by atoms with Crippen LogP contribution in [0.3, 0.4) is 0 Å². The molecular formula is C18H19FN4O. The molecule has 1 amide bonds. The molecule has 1 aliphatic heterocycles. The lowest BCUT2D eigenvalue weighted by molar-refractivity contribution is -0.111. The maximum Gasteiger partial charge on any atom is 0.249 e. The quantitative estimate of drug-likeness (QED) is 0.876. The number of amides is 1. The molecule has 1 aromatic heterocycles. The highest BCUT2D eigenvalue weighted by atomic mass is 19.1. The molecule has 0 atom stereocenters. The molecule has 0 aliphatic carbocycles. The molecule has 0 unspecified atom stereocenters. The van der Waals surface area contributed by atoms with Crippen molar-refractivity contribution in [2.45, 2.75) is 19.3 Å². The van der Waals surface area contributed by atoms with Crippen LogP contribution in [0.2, 0.25) is 0 Å². The Labute approximate surface area is 140 Å². The second-order valence-electron chi connectivity index (χ2n) is 5.68. The molecule has 1 saturated heterocycles. The summed E-state index contributed by atoms with van der Waals surface area (Å²) < 4.78 is 12.8. The van der Waals surface area contributed by atoms with Gasteiger partial charge >= 0.3 is 0 Å². The highest BCUT2D eigenvalue weighted by Crippen LogP contribution is 2.19. The summed E-state index contributed by atoms with van der Waals surface area (Å²) >= 11 is 0. The lowest BCUT2D eigenvalue weighted by Gasteiger charge is -2.27. The molecule has 0 saturated carbocycles. The van der Waals surface area contributed by atoms with E-state index in [1.54, 1.807) is 24.3 Å². The van der Waals surface area contributed by atoms with Gasteiger partial charge in [-0.25, -0.2) is 14.4 Å². The molecule has 6 heteroatoms. The van der Waals surface area contributed by atoms with Crippen LogP contribution in [-0.2, 0) is 4.79 Å². The zero-order chi connectivity index (χ0) is 16.8. The number of carbonyl (C=O) groups is 1. The van der Waals surface area contributed by atoms with Crippen LogP contribution in [0.1, 0.15) is 24.8 Å². The largest absolute Gasteiger partial charge is 0.356 e. The van der Waals surface area contributed by atoms with E-state index in [4.69, 9.17) is 0 Å². The monoisotopic (exact) mass is 326 g/mol. The number of anilines is 2. The van der Waals surface area contributed by atoms with Crippen molar-refractivity contribution in [2.24, 2.45) is 0 Å². The standard InChI is InChI=1S/C18H19FN4O/c19-15-7-4-14(5-8-15)6-9-18(24)22-16-12-17(21-13-20-16)23-10-2-1-3-11-23/h4-9,12-13H,1-3,10-11H2,(H,20,21,22,24)/b9-6+. The first-order chi connectivity index (χ1) is 11.7. The molecule has 1 aliphatic rings. The van der Waals surface area contributed by atoms with E-state index < -0.39 is 0 Å². The Kier molecular flexibility index (Phi) is 5.15. The van der Waals surface area contributed by atoms with E-state index in [1.165, 1.54) is 31.0 Å². The van der Waals surface area contributed by atoms with E-state index in [0.29, 0.717) is 5.82 Å². The predicted molar refractivity (Wildman–Crippen MR) is 92.2 cm³/mol. The van der Waals surface area contributed by atoms with E-state index >= 15 is 0 Å². The summed E-state index contributed by atoms with van der Waals surface area (Å²) in [7, 11) is 0. The summed E-state index contributed by atoms with van der Waals surface area (Å²) in [4.78, 5) is 22.6. The summed E-state index contributed by atoms with van der Waals surface area (Å²) in [5.74, 6) is 0.715. The molecule has 1 N–H and O–H groups in total. The van der Waals surface area contributed by atoms with Crippen molar-refractivity contribution in [2.75, 3.05) is 23.3 Å². The van der Waals surface area contributed by atoms with Gasteiger partial charge in [-0.15, -0.1) is 0 Å². The summed E-state index contributed by atoms with van der Waals surface area (Å²) in [6, 6.07) is 7.71. The van der Waals surface area contributed by atoms with Gasteiger partial charge in [-0.3, -0.25) is 4.79 Å². The molecule has 0 bridgehead atoms. The first-order valence-corrected chi connectivity index (χ1v) is 8.02. The van der Waals surface area contributed by atoms with Gasteiger partial charge < -0.3 is 10.2 Å². The number of nitrogens with zero attached hydrogens (tertiary/aromatic N) is 3. The highest BCUT2D eigenvalue weighted by molar-refractivity contribution is 6.01. The molecule has 0 radical (unpaired) electrons. The second kappa shape index (κ2) is 7.68. The fraction of sp³-hybridized carbons (Fsp3) is 0.278. The van der Waals surface area contributed by atoms with Gasteiger partial charge in [-0.1, -0.05) is 12.1 Å². The third-order valence-electron chi connectivity index (χ3n) is 3.88. The number of piperidine rings is 1. The van der Waals surface area contributed by atoms with Crippen LogP contribution >= 0.6 is 0 Å². The van der Waals surface area contributed by atoms with Crippen LogP contribution in [0.25, 0.3) is 6.08 Å². The van der Waals surface area contributed by atoms with Crippen molar-refractivity contribution in [3.63, 3.8) is 0 Å². The third kappa shape index (κ3) is 4.38. The van der Waals surface area contributed by atoms with Crippen LogP contribution in [0.4, 0.5) is 16.0 Å². The van der Waals surface area contributed by atoms with E-state index in [-0.39, 0.29) is 11.7 Å². The third-order valence-corrected chi connectivity index (χ3v) is 3.88. The van der Waals surface area contributed by atoms with E-state index in [2.05, 4.69) is 20.2 Å². The van der Waals surface area contributed by atoms with Gasteiger partial charge in [-0.05, 0) is 43.0 Å². The van der Waals surface area contributed by atoms with Gasteiger partial charge in [0.05, 0.1) is 0 Å². The second-order valence-corrected chi connectivity index (χ2v) is 5.68. The van der Waals surface area contributed by atoms with Crippen molar-refractivity contribution < 1.29 is 9.18 Å². The smallest absolute Gasteiger partial charge is 0.249 e. The molecule has 1 aromatic carbocycles. The number of rotatable bonds is 4. The average molecular weight is 326 g/mol. The SMILES string of the molecule is O=C(/C=C/c1ccc(F)cc1)Nc1cc(N2CCCCC2)ncn1. The molecule has 24 heavy (non-hydrogen) atoms. The maximum atomic E-state index is 12.8.